The van der Waals surface area contributed by atoms with Gasteiger partial charge in [0.25, 0.3) is 0 Å². The van der Waals surface area contributed by atoms with Crippen molar-refractivity contribution in [3.8, 4) is 11.5 Å². The number of ether oxygens (including phenoxy) is 2. The molecule has 0 bridgehead atoms. The number of aliphatic imine (C=N–C) groups is 1. The molecule has 0 fully saturated rings. The molecule has 0 radical (unpaired) electrons. The summed E-state index contributed by atoms with van der Waals surface area (Å²) in [6.45, 7) is 0. The molecule has 0 aromatic heterocycles. The summed E-state index contributed by atoms with van der Waals surface area (Å²) >= 11 is 0. The van der Waals surface area contributed by atoms with Crippen molar-refractivity contribution in [2.24, 2.45) is 4.99 Å². The molecule has 3 aromatic carbocycles. The minimum atomic E-state index is -0.985. The Morgan fingerprint density at radius 1 is 0.893 bits per heavy atom. The molecule has 1 N–H and O–H groups in total. The molecule has 0 aliphatic carbocycles. The van der Waals surface area contributed by atoms with Crippen LogP contribution in [0.15, 0.2) is 77.8 Å². The van der Waals surface area contributed by atoms with Crippen molar-refractivity contribution in [1.82, 2.24) is 0 Å². The zero-order valence-electron chi connectivity index (χ0n) is 15.0. The van der Waals surface area contributed by atoms with Gasteiger partial charge in [-0.2, -0.15) is 0 Å². The van der Waals surface area contributed by atoms with E-state index in [0.717, 1.165) is 5.56 Å². The van der Waals surface area contributed by atoms with Gasteiger partial charge in [-0.15, -0.1) is 0 Å². The molecule has 0 atom stereocenters. The summed E-state index contributed by atoms with van der Waals surface area (Å²) in [7, 11) is 1.49. The van der Waals surface area contributed by atoms with Crippen LogP contribution in [0, 0.1) is 0 Å². The zero-order valence-corrected chi connectivity index (χ0v) is 15.0. The number of carboxylic acids is 1. The molecule has 3 aromatic rings. The number of carbonyl (C=O) groups is 2. The second-order valence-corrected chi connectivity index (χ2v) is 5.78. The van der Waals surface area contributed by atoms with Crippen LogP contribution in [0.1, 0.15) is 26.3 Å². The number of aromatic carboxylic acids is 1. The SMILES string of the molecule is COc1cc(C=Nc2ccc(C(=O)O)cc2)ccc1OC(=O)c1ccccc1. The molecule has 6 nitrogen and oxygen atoms in total. The number of nitrogens with zero attached hydrogens (tertiary/aromatic N) is 1. The highest BCUT2D eigenvalue weighted by Gasteiger charge is 2.12. The van der Waals surface area contributed by atoms with Gasteiger partial charge < -0.3 is 14.6 Å². The lowest BCUT2D eigenvalue weighted by Crippen LogP contribution is -2.09. The Labute approximate surface area is 161 Å². The van der Waals surface area contributed by atoms with Crippen LogP contribution in [0.2, 0.25) is 0 Å². The normalized spacial score (nSPS) is 10.6. The maximum atomic E-state index is 12.2. The Morgan fingerprint density at radius 3 is 2.25 bits per heavy atom. The van der Waals surface area contributed by atoms with Crippen molar-refractivity contribution in [2.75, 3.05) is 7.11 Å². The standard InChI is InChI=1S/C22H17NO5/c1-27-20-13-15(14-23-18-10-8-16(9-11-18)21(24)25)7-12-19(20)28-22(26)17-5-3-2-4-6-17/h2-14H,1H3,(H,24,25). The summed E-state index contributed by atoms with van der Waals surface area (Å²) in [5.74, 6) is -0.756. The topological polar surface area (TPSA) is 85.2 Å². The molecule has 0 amide bonds. The minimum Gasteiger partial charge on any atom is -0.493 e. The van der Waals surface area contributed by atoms with Gasteiger partial charge in [0.05, 0.1) is 23.9 Å². The number of carbonyl (C=O) groups excluding carboxylic acids is 1. The number of hydrogen-bond donors (Lipinski definition) is 1. The highest BCUT2D eigenvalue weighted by atomic mass is 16.6. The maximum Gasteiger partial charge on any atom is 0.343 e. The average Bonchev–Trinajstić information content (AvgIpc) is 2.73. The highest BCUT2D eigenvalue weighted by molar-refractivity contribution is 5.92. The third kappa shape index (κ3) is 4.62. The highest BCUT2D eigenvalue weighted by Crippen LogP contribution is 2.28. The Morgan fingerprint density at radius 2 is 1.61 bits per heavy atom. The summed E-state index contributed by atoms with van der Waals surface area (Å²) in [5.41, 5.74) is 1.99. The van der Waals surface area contributed by atoms with E-state index in [1.807, 2.05) is 6.07 Å². The van der Waals surface area contributed by atoms with E-state index < -0.39 is 11.9 Å². The van der Waals surface area contributed by atoms with Crippen LogP contribution in [-0.2, 0) is 0 Å². The summed E-state index contributed by atoms with van der Waals surface area (Å²) in [6, 6.07) is 20.0. The second-order valence-electron chi connectivity index (χ2n) is 5.78. The number of carboxylic acid groups (broad SMARTS) is 1. The first-order valence-corrected chi connectivity index (χ1v) is 8.39. The fourth-order valence-corrected chi connectivity index (χ4v) is 2.42. The summed E-state index contributed by atoms with van der Waals surface area (Å²) in [4.78, 5) is 27.4. The Kier molecular flexibility index (Phi) is 5.81. The second kappa shape index (κ2) is 8.64. The Bertz CT molecular complexity index is 1010. The molecule has 3 rings (SSSR count). The van der Waals surface area contributed by atoms with Crippen LogP contribution < -0.4 is 9.47 Å². The van der Waals surface area contributed by atoms with Crippen LogP contribution >= 0.6 is 0 Å². The fourth-order valence-electron chi connectivity index (χ4n) is 2.42. The average molecular weight is 375 g/mol. The first kappa shape index (κ1) is 18.8. The summed E-state index contributed by atoms with van der Waals surface area (Å²) < 4.78 is 10.7. The van der Waals surface area contributed by atoms with Gasteiger partial charge >= 0.3 is 11.9 Å². The molecule has 0 aliphatic rings. The van der Waals surface area contributed by atoms with E-state index in [1.165, 1.54) is 19.2 Å². The molecule has 28 heavy (non-hydrogen) atoms. The fraction of sp³-hybridized carbons (Fsp3) is 0.0455. The van der Waals surface area contributed by atoms with E-state index in [2.05, 4.69) is 4.99 Å². The van der Waals surface area contributed by atoms with Crippen molar-refractivity contribution in [3.63, 3.8) is 0 Å². The van der Waals surface area contributed by atoms with Gasteiger partial charge in [0, 0.05) is 6.21 Å². The van der Waals surface area contributed by atoms with Gasteiger partial charge in [-0.3, -0.25) is 4.99 Å². The number of methoxy groups -OCH3 is 1. The number of benzene rings is 3. The minimum absolute atomic E-state index is 0.199. The molecule has 0 saturated carbocycles. The predicted molar refractivity (Wildman–Crippen MR) is 105 cm³/mol. The largest absolute Gasteiger partial charge is 0.493 e. The monoisotopic (exact) mass is 375 g/mol. The van der Waals surface area contributed by atoms with E-state index in [4.69, 9.17) is 14.6 Å². The van der Waals surface area contributed by atoms with Gasteiger partial charge in [-0.25, -0.2) is 9.59 Å². The van der Waals surface area contributed by atoms with Crippen molar-refractivity contribution in [2.45, 2.75) is 0 Å². The lowest BCUT2D eigenvalue weighted by atomic mass is 10.2. The number of rotatable bonds is 6. The Hall–Kier alpha value is -3.93. The smallest absolute Gasteiger partial charge is 0.343 e. The molecule has 0 aliphatic heterocycles. The molecular formula is C22H17NO5. The summed E-state index contributed by atoms with van der Waals surface area (Å²) in [5, 5.41) is 8.91. The van der Waals surface area contributed by atoms with E-state index in [0.29, 0.717) is 22.7 Å². The van der Waals surface area contributed by atoms with Crippen LogP contribution in [0.25, 0.3) is 0 Å². The van der Waals surface area contributed by atoms with Gasteiger partial charge in [0.2, 0.25) is 0 Å². The van der Waals surface area contributed by atoms with Gasteiger partial charge in [0.1, 0.15) is 0 Å². The van der Waals surface area contributed by atoms with Crippen LogP contribution in [0.4, 0.5) is 5.69 Å². The van der Waals surface area contributed by atoms with Crippen LogP contribution in [-0.4, -0.2) is 30.4 Å². The molecule has 0 saturated heterocycles. The molecule has 140 valence electrons. The van der Waals surface area contributed by atoms with Gasteiger partial charge in [-0.1, -0.05) is 18.2 Å². The van der Waals surface area contributed by atoms with Crippen LogP contribution in [0.3, 0.4) is 0 Å². The van der Waals surface area contributed by atoms with E-state index >= 15 is 0 Å². The van der Waals surface area contributed by atoms with Gasteiger partial charge in [0.15, 0.2) is 11.5 Å². The number of esters is 1. The van der Waals surface area contributed by atoms with Crippen molar-refractivity contribution in [1.29, 1.82) is 0 Å². The van der Waals surface area contributed by atoms with E-state index in [9.17, 15) is 9.59 Å². The van der Waals surface area contributed by atoms with E-state index in [1.54, 1.807) is 60.8 Å². The summed E-state index contributed by atoms with van der Waals surface area (Å²) in [6.07, 6.45) is 1.61. The van der Waals surface area contributed by atoms with Crippen LogP contribution in [0.5, 0.6) is 11.5 Å². The Balaban J connectivity index is 1.75. The first-order valence-electron chi connectivity index (χ1n) is 8.39. The third-order valence-corrected chi connectivity index (χ3v) is 3.88. The quantitative estimate of drug-likeness (QED) is 0.393. The number of hydrogen-bond acceptors (Lipinski definition) is 5. The zero-order chi connectivity index (χ0) is 19.9. The lowest BCUT2D eigenvalue weighted by molar-refractivity contribution is 0.0694. The van der Waals surface area contributed by atoms with Crippen molar-refractivity contribution in [3.05, 3.63) is 89.5 Å². The van der Waals surface area contributed by atoms with Gasteiger partial charge in [-0.05, 0) is 60.2 Å². The third-order valence-electron chi connectivity index (χ3n) is 3.88. The molecule has 0 heterocycles. The predicted octanol–water partition coefficient (Wildman–Crippen LogP) is 4.36. The molecular weight excluding hydrogens is 358 g/mol. The first-order chi connectivity index (χ1) is 13.6. The molecule has 0 unspecified atom stereocenters. The van der Waals surface area contributed by atoms with Crippen molar-refractivity contribution < 1.29 is 24.2 Å². The van der Waals surface area contributed by atoms with Crippen molar-refractivity contribution >= 4 is 23.8 Å². The van der Waals surface area contributed by atoms with E-state index in [-0.39, 0.29) is 5.56 Å². The maximum absolute atomic E-state index is 12.2. The molecule has 6 heteroatoms. The lowest BCUT2D eigenvalue weighted by Gasteiger charge is -2.10. The molecule has 0 spiro atoms.